The van der Waals surface area contributed by atoms with Crippen LogP contribution in [-0.4, -0.2) is 42.3 Å². The van der Waals surface area contributed by atoms with Crippen LogP contribution in [0.1, 0.15) is 39.4 Å². The van der Waals surface area contributed by atoms with Gasteiger partial charge in [0.1, 0.15) is 6.10 Å². The molecule has 5 atom stereocenters. The van der Waals surface area contributed by atoms with Crippen molar-refractivity contribution in [2.75, 3.05) is 0 Å². The van der Waals surface area contributed by atoms with E-state index in [-0.39, 0.29) is 0 Å². The highest BCUT2D eigenvalue weighted by molar-refractivity contribution is 5.68. The average molecular weight is 350 g/mol. The van der Waals surface area contributed by atoms with E-state index in [1.54, 1.807) is 6.92 Å². The van der Waals surface area contributed by atoms with E-state index in [2.05, 4.69) is 0 Å². The fourth-order valence-corrected chi connectivity index (χ4v) is 2.92. The van der Waals surface area contributed by atoms with Crippen LogP contribution in [0.25, 0.3) is 0 Å². The van der Waals surface area contributed by atoms with Crippen molar-refractivity contribution < 1.29 is 33.3 Å². The van der Waals surface area contributed by atoms with Crippen molar-refractivity contribution in [3.8, 4) is 0 Å². The van der Waals surface area contributed by atoms with Gasteiger partial charge in [0.25, 0.3) is 0 Å². The van der Waals surface area contributed by atoms with Gasteiger partial charge in [0.15, 0.2) is 18.3 Å². The molecule has 1 aromatic carbocycles. The van der Waals surface area contributed by atoms with Crippen molar-refractivity contribution in [2.24, 2.45) is 0 Å². The van der Waals surface area contributed by atoms with Crippen molar-refractivity contribution in [3.05, 3.63) is 35.9 Å². The predicted molar refractivity (Wildman–Crippen MR) is 86.4 cm³/mol. The normalized spacial score (nSPS) is 28.7. The topological polar surface area (TPSA) is 88.1 Å². The third kappa shape index (κ3) is 4.79. The number of hydrogen-bond donors (Lipinski definition) is 0. The second kappa shape index (κ2) is 8.11. The smallest absolute Gasteiger partial charge is 0.303 e. The first-order valence-electron chi connectivity index (χ1n) is 8.01. The fourth-order valence-electron chi connectivity index (χ4n) is 2.92. The molecule has 0 aliphatic carbocycles. The molecule has 7 nitrogen and oxygen atoms in total. The lowest BCUT2D eigenvalue weighted by Gasteiger charge is -2.44. The number of carbonyl (C=O) groups excluding carboxylic acids is 3. The molecule has 0 amide bonds. The van der Waals surface area contributed by atoms with Gasteiger partial charge in [-0.1, -0.05) is 30.3 Å². The van der Waals surface area contributed by atoms with Crippen LogP contribution in [0.4, 0.5) is 0 Å². The lowest BCUT2D eigenvalue weighted by Crippen LogP contribution is -2.57. The predicted octanol–water partition coefficient (Wildman–Crippen LogP) is 1.94. The third-order valence-electron chi connectivity index (χ3n) is 3.80. The lowest BCUT2D eigenvalue weighted by atomic mass is 9.91. The molecule has 1 saturated heterocycles. The van der Waals surface area contributed by atoms with Crippen molar-refractivity contribution in [1.29, 1.82) is 0 Å². The first-order chi connectivity index (χ1) is 11.8. The van der Waals surface area contributed by atoms with Crippen LogP contribution in [0.2, 0.25) is 0 Å². The minimum absolute atomic E-state index is 0.544. The Bertz CT molecular complexity index is 628. The van der Waals surface area contributed by atoms with Gasteiger partial charge >= 0.3 is 17.9 Å². The summed E-state index contributed by atoms with van der Waals surface area (Å²) in [6, 6.07) is 9.15. The molecule has 25 heavy (non-hydrogen) atoms. The summed E-state index contributed by atoms with van der Waals surface area (Å²) < 4.78 is 22.0. The van der Waals surface area contributed by atoms with Crippen molar-refractivity contribution in [1.82, 2.24) is 0 Å². The van der Waals surface area contributed by atoms with Gasteiger partial charge in [-0.15, -0.1) is 0 Å². The van der Waals surface area contributed by atoms with E-state index >= 15 is 0 Å². The summed E-state index contributed by atoms with van der Waals surface area (Å²) in [5.41, 5.74) is 0.763. The number of ether oxygens (including phenoxy) is 4. The maximum absolute atomic E-state index is 11.6. The Morgan fingerprint density at radius 2 is 1.28 bits per heavy atom. The molecule has 0 radical (unpaired) electrons. The molecular weight excluding hydrogens is 328 g/mol. The molecule has 1 fully saturated rings. The van der Waals surface area contributed by atoms with Gasteiger partial charge < -0.3 is 18.9 Å². The van der Waals surface area contributed by atoms with Crippen LogP contribution < -0.4 is 0 Å². The zero-order valence-corrected chi connectivity index (χ0v) is 14.6. The first-order valence-corrected chi connectivity index (χ1v) is 8.01. The Labute approximate surface area is 146 Å². The average Bonchev–Trinajstić information content (AvgIpc) is 2.53. The lowest BCUT2D eigenvalue weighted by molar-refractivity contribution is -0.245. The Hall–Kier alpha value is -2.41. The quantitative estimate of drug-likeness (QED) is 0.606. The molecule has 1 aliphatic rings. The van der Waals surface area contributed by atoms with Gasteiger partial charge in [-0.05, 0) is 12.5 Å². The maximum Gasteiger partial charge on any atom is 0.303 e. The van der Waals surface area contributed by atoms with E-state index < -0.39 is 48.4 Å². The van der Waals surface area contributed by atoms with Gasteiger partial charge in [0, 0.05) is 20.8 Å². The van der Waals surface area contributed by atoms with E-state index in [4.69, 9.17) is 18.9 Å². The molecule has 1 aliphatic heterocycles. The summed E-state index contributed by atoms with van der Waals surface area (Å²) in [6.45, 7) is 5.46. The molecule has 0 unspecified atom stereocenters. The molecule has 0 bridgehead atoms. The van der Waals surface area contributed by atoms with Gasteiger partial charge in [0.05, 0.1) is 6.10 Å². The summed E-state index contributed by atoms with van der Waals surface area (Å²) in [7, 11) is 0. The summed E-state index contributed by atoms with van der Waals surface area (Å²) in [5.74, 6) is -1.67. The molecule has 7 heteroatoms. The zero-order valence-electron chi connectivity index (χ0n) is 14.6. The molecular formula is C18H22O7. The van der Waals surface area contributed by atoms with Gasteiger partial charge in [-0.3, -0.25) is 14.4 Å². The van der Waals surface area contributed by atoms with Crippen LogP contribution in [0.5, 0.6) is 0 Å². The van der Waals surface area contributed by atoms with Crippen molar-refractivity contribution in [3.63, 3.8) is 0 Å². The number of benzene rings is 1. The highest BCUT2D eigenvalue weighted by Gasteiger charge is 2.50. The summed E-state index contributed by atoms with van der Waals surface area (Å²) in [5, 5.41) is 0. The van der Waals surface area contributed by atoms with E-state index in [0.717, 1.165) is 5.56 Å². The monoisotopic (exact) mass is 350 g/mol. The third-order valence-corrected chi connectivity index (χ3v) is 3.80. The first kappa shape index (κ1) is 18.9. The highest BCUT2D eigenvalue weighted by atomic mass is 16.6. The van der Waals surface area contributed by atoms with Gasteiger partial charge in [0.2, 0.25) is 0 Å². The second-order valence-corrected chi connectivity index (χ2v) is 5.89. The summed E-state index contributed by atoms with van der Waals surface area (Å²) in [4.78, 5) is 34.6. The largest absolute Gasteiger partial charge is 0.456 e. The zero-order chi connectivity index (χ0) is 18.6. The van der Waals surface area contributed by atoms with Crippen LogP contribution in [0, 0.1) is 0 Å². The number of carbonyl (C=O) groups is 3. The van der Waals surface area contributed by atoms with Crippen molar-refractivity contribution >= 4 is 17.9 Å². The van der Waals surface area contributed by atoms with Gasteiger partial charge in [-0.25, -0.2) is 0 Å². The standard InChI is InChI=1S/C18H22O7/c1-10-15(23-11(2)19)17(24-12(3)20)18(25-13(4)21)16(22-10)14-8-6-5-7-9-14/h5-10,15-18H,1-4H3/t10-,15-,16-,17+,18-/m0/s1. The van der Waals surface area contributed by atoms with Crippen LogP contribution >= 0.6 is 0 Å². The van der Waals surface area contributed by atoms with Crippen LogP contribution in [0.15, 0.2) is 30.3 Å². The Balaban J connectivity index is 2.42. The number of esters is 3. The highest BCUT2D eigenvalue weighted by Crippen LogP contribution is 2.37. The number of rotatable bonds is 4. The van der Waals surface area contributed by atoms with Gasteiger partial charge in [-0.2, -0.15) is 0 Å². The summed E-state index contributed by atoms with van der Waals surface area (Å²) >= 11 is 0. The van der Waals surface area contributed by atoms with Crippen LogP contribution in [-0.2, 0) is 33.3 Å². The summed E-state index contributed by atoms with van der Waals surface area (Å²) in [6.07, 6.45) is -4.02. The number of hydrogen-bond acceptors (Lipinski definition) is 7. The molecule has 0 N–H and O–H groups in total. The molecule has 1 aromatic rings. The molecule has 136 valence electrons. The molecule has 0 spiro atoms. The van der Waals surface area contributed by atoms with E-state index in [0.29, 0.717) is 0 Å². The second-order valence-electron chi connectivity index (χ2n) is 5.89. The molecule has 2 rings (SSSR count). The Morgan fingerprint density at radius 3 is 1.80 bits per heavy atom. The van der Waals surface area contributed by atoms with E-state index in [1.165, 1.54) is 20.8 Å². The Kier molecular flexibility index (Phi) is 6.14. The maximum atomic E-state index is 11.6. The van der Waals surface area contributed by atoms with E-state index in [1.807, 2.05) is 30.3 Å². The molecule has 0 aromatic heterocycles. The molecule has 1 heterocycles. The van der Waals surface area contributed by atoms with Crippen molar-refractivity contribution in [2.45, 2.75) is 58.2 Å². The Morgan fingerprint density at radius 1 is 0.800 bits per heavy atom. The fraction of sp³-hybridized carbons (Fsp3) is 0.500. The van der Waals surface area contributed by atoms with E-state index in [9.17, 15) is 14.4 Å². The molecule has 0 saturated carbocycles. The minimum atomic E-state index is -0.973. The SMILES string of the molecule is CC(=O)O[C@@H]1[C@@H](OC(C)=O)[C@H](C)O[C@@H](c2ccccc2)[C@@H]1OC(C)=O. The van der Waals surface area contributed by atoms with Crippen LogP contribution in [0.3, 0.4) is 0 Å². The minimum Gasteiger partial charge on any atom is -0.456 e.